The van der Waals surface area contributed by atoms with Crippen LogP contribution in [0.25, 0.3) is 11.4 Å². The zero-order chi connectivity index (χ0) is 22.7. The minimum atomic E-state index is -0.315. The number of carbonyl (C=O) groups is 1. The number of anilines is 1. The fourth-order valence-electron chi connectivity index (χ4n) is 3.84. The van der Waals surface area contributed by atoms with E-state index < -0.39 is 0 Å². The Kier molecular flexibility index (Phi) is 6.72. The van der Waals surface area contributed by atoms with Crippen molar-refractivity contribution in [3.8, 4) is 17.1 Å². The average molecular weight is 459 g/mol. The first kappa shape index (κ1) is 22.2. The quantitative estimate of drug-likeness (QED) is 0.578. The van der Waals surface area contributed by atoms with E-state index in [0.717, 1.165) is 24.9 Å². The summed E-state index contributed by atoms with van der Waals surface area (Å²) in [6.07, 6.45) is 1.81. The Bertz CT molecular complexity index is 1100. The van der Waals surface area contributed by atoms with Gasteiger partial charge in [-0.05, 0) is 62.2 Å². The number of hydrogen-bond acceptors (Lipinski definition) is 6. The molecule has 1 amide bonds. The van der Waals surface area contributed by atoms with Crippen LogP contribution >= 0.6 is 11.6 Å². The number of carbonyl (C=O) groups excluding carboxylic acids is 1. The topological polar surface area (TPSA) is 80.5 Å². The van der Waals surface area contributed by atoms with Crippen LogP contribution in [0.15, 0.2) is 40.9 Å². The van der Waals surface area contributed by atoms with Crippen LogP contribution < -0.4 is 10.1 Å². The van der Waals surface area contributed by atoms with Crippen LogP contribution in [-0.4, -0.2) is 47.7 Å². The van der Waals surface area contributed by atoms with Crippen molar-refractivity contribution < 1.29 is 18.4 Å². The van der Waals surface area contributed by atoms with Gasteiger partial charge in [0.25, 0.3) is 0 Å². The third kappa shape index (κ3) is 5.08. The Balaban J connectivity index is 1.39. The summed E-state index contributed by atoms with van der Waals surface area (Å²) in [6, 6.07) is 9.46. The first-order valence-corrected chi connectivity index (χ1v) is 10.8. The predicted octanol–water partition coefficient (Wildman–Crippen LogP) is 4.66. The lowest BCUT2D eigenvalue weighted by atomic mass is 9.98. The van der Waals surface area contributed by atoms with E-state index in [9.17, 15) is 9.18 Å². The van der Waals surface area contributed by atoms with Crippen LogP contribution in [0.1, 0.15) is 30.2 Å². The highest BCUT2D eigenvalue weighted by atomic mass is 35.5. The van der Waals surface area contributed by atoms with Crippen molar-refractivity contribution >= 4 is 23.2 Å². The molecule has 32 heavy (non-hydrogen) atoms. The second kappa shape index (κ2) is 9.67. The van der Waals surface area contributed by atoms with Crippen LogP contribution in [0.5, 0.6) is 5.75 Å². The SMILES string of the molecule is COc1cc(Cl)c(C)cc1NC(=O)CN1CCCC(c2nc(-c3ccc(F)cc3)no2)C1. The number of nitrogens with one attached hydrogen (secondary N) is 1. The Morgan fingerprint density at radius 1 is 1.34 bits per heavy atom. The Hall–Kier alpha value is -2.97. The van der Waals surface area contributed by atoms with E-state index in [4.69, 9.17) is 20.9 Å². The molecule has 0 aliphatic carbocycles. The smallest absolute Gasteiger partial charge is 0.238 e. The number of amides is 1. The molecule has 1 N–H and O–H groups in total. The lowest BCUT2D eigenvalue weighted by Gasteiger charge is -2.30. The van der Waals surface area contributed by atoms with Crippen molar-refractivity contribution in [1.82, 2.24) is 15.0 Å². The second-order valence-electron chi connectivity index (χ2n) is 7.89. The van der Waals surface area contributed by atoms with Gasteiger partial charge in [0.1, 0.15) is 11.6 Å². The van der Waals surface area contributed by atoms with Gasteiger partial charge in [-0.3, -0.25) is 9.69 Å². The first-order valence-electron chi connectivity index (χ1n) is 10.4. The zero-order valence-electron chi connectivity index (χ0n) is 17.9. The molecule has 2 heterocycles. The summed E-state index contributed by atoms with van der Waals surface area (Å²) in [4.78, 5) is 19.3. The van der Waals surface area contributed by atoms with Gasteiger partial charge in [0, 0.05) is 23.2 Å². The maximum atomic E-state index is 13.1. The fourth-order valence-corrected chi connectivity index (χ4v) is 3.99. The first-order chi connectivity index (χ1) is 15.4. The van der Waals surface area contributed by atoms with Crippen molar-refractivity contribution in [3.05, 3.63) is 58.7 Å². The van der Waals surface area contributed by atoms with E-state index in [1.54, 1.807) is 24.3 Å². The van der Waals surface area contributed by atoms with Gasteiger partial charge in [-0.2, -0.15) is 4.98 Å². The second-order valence-corrected chi connectivity index (χ2v) is 8.29. The molecule has 1 saturated heterocycles. The Morgan fingerprint density at radius 2 is 2.12 bits per heavy atom. The van der Waals surface area contributed by atoms with E-state index in [0.29, 0.717) is 40.3 Å². The number of likely N-dealkylation sites (tertiary alicyclic amines) is 1. The number of methoxy groups -OCH3 is 1. The number of rotatable bonds is 6. The van der Waals surface area contributed by atoms with E-state index in [1.165, 1.54) is 19.2 Å². The van der Waals surface area contributed by atoms with Crippen molar-refractivity contribution in [2.45, 2.75) is 25.7 Å². The van der Waals surface area contributed by atoms with E-state index in [-0.39, 0.29) is 24.2 Å². The van der Waals surface area contributed by atoms with Crippen LogP contribution in [-0.2, 0) is 4.79 Å². The fraction of sp³-hybridized carbons (Fsp3) is 0.348. The molecule has 7 nitrogen and oxygen atoms in total. The summed E-state index contributed by atoms with van der Waals surface area (Å²) in [5, 5.41) is 7.53. The third-order valence-corrected chi connectivity index (χ3v) is 5.93. The number of nitrogens with zero attached hydrogens (tertiary/aromatic N) is 3. The number of piperidine rings is 1. The minimum Gasteiger partial charge on any atom is -0.495 e. The van der Waals surface area contributed by atoms with Crippen molar-refractivity contribution in [3.63, 3.8) is 0 Å². The third-order valence-electron chi connectivity index (χ3n) is 5.52. The van der Waals surface area contributed by atoms with Gasteiger partial charge in [0.05, 0.1) is 25.3 Å². The predicted molar refractivity (Wildman–Crippen MR) is 119 cm³/mol. The average Bonchev–Trinajstić information content (AvgIpc) is 3.27. The molecule has 1 aromatic heterocycles. The van der Waals surface area contributed by atoms with Crippen molar-refractivity contribution in [2.24, 2.45) is 0 Å². The number of aromatic nitrogens is 2. The summed E-state index contributed by atoms with van der Waals surface area (Å²) in [6.45, 7) is 3.55. The largest absolute Gasteiger partial charge is 0.495 e. The van der Waals surface area contributed by atoms with Gasteiger partial charge < -0.3 is 14.6 Å². The molecule has 4 rings (SSSR count). The zero-order valence-corrected chi connectivity index (χ0v) is 18.7. The summed E-state index contributed by atoms with van der Waals surface area (Å²) >= 11 is 6.14. The van der Waals surface area contributed by atoms with E-state index >= 15 is 0 Å². The number of aryl methyl sites for hydroxylation is 1. The molecule has 168 valence electrons. The number of halogens is 2. The van der Waals surface area contributed by atoms with E-state index in [2.05, 4.69) is 20.4 Å². The molecule has 0 saturated carbocycles. The molecule has 0 radical (unpaired) electrons. The molecule has 0 spiro atoms. The van der Waals surface area contributed by atoms with Gasteiger partial charge in [0.2, 0.25) is 17.6 Å². The van der Waals surface area contributed by atoms with Crippen LogP contribution in [0.2, 0.25) is 5.02 Å². The van der Waals surface area contributed by atoms with Crippen LogP contribution in [0.3, 0.4) is 0 Å². The van der Waals surface area contributed by atoms with Gasteiger partial charge in [-0.25, -0.2) is 4.39 Å². The molecule has 1 fully saturated rings. The molecular formula is C23H24ClFN4O3. The van der Waals surface area contributed by atoms with E-state index in [1.807, 2.05) is 6.92 Å². The number of hydrogen-bond donors (Lipinski definition) is 1. The lowest BCUT2D eigenvalue weighted by molar-refractivity contribution is -0.117. The monoisotopic (exact) mass is 458 g/mol. The minimum absolute atomic E-state index is 0.0329. The molecule has 1 unspecified atom stereocenters. The molecule has 3 aromatic rings. The molecule has 0 bridgehead atoms. The van der Waals surface area contributed by atoms with Gasteiger partial charge >= 0.3 is 0 Å². The summed E-state index contributed by atoms with van der Waals surface area (Å²) < 4.78 is 24.0. The van der Waals surface area contributed by atoms with Crippen LogP contribution in [0.4, 0.5) is 10.1 Å². The Morgan fingerprint density at radius 3 is 2.88 bits per heavy atom. The summed E-state index contributed by atoms with van der Waals surface area (Å²) in [5.41, 5.74) is 2.14. The molecule has 1 aliphatic heterocycles. The van der Waals surface area contributed by atoms with Crippen molar-refractivity contribution in [2.75, 3.05) is 32.1 Å². The normalized spacial score (nSPS) is 16.7. The molecule has 1 aliphatic rings. The van der Waals surface area contributed by atoms with Gasteiger partial charge in [-0.1, -0.05) is 16.8 Å². The molecule has 1 atom stereocenters. The highest BCUT2D eigenvalue weighted by molar-refractivity contribution is 6.31. The summed E-state index contributed by atoms with van der Waals surface area (Å²) in [5.74, 6) is 1.06. The molecular weight excluding hydrogens is 435 g/mol. The molecule has 9 heteroatoms. The highest BCUT2D eigenvalue weighted by Gasteiger charge is 2.27. The van der Waals surface area contributed by atoms with Gasteiger partial charge in [0.15, 0.2) is 0 Å². The van der Waals surface area contributed by atoms with Gasteiger partial charge in [-0.15, -0.1) is 0 Å². The number of ether oxygens (including phenoxy) is 1. The maximum Gasteiger partial charge on any atom is 0.238 e. The number of benzene rings is 2. The maximum absolute atomic E-state index is 13.1. The van der Waals surface area contributed by atoms with Crippen LogP contribution in [0, 0.1) is 12.7 Å². The Labute approximate surface area is 190 Å². The highest BCUT2D eigenvalue weighted by Crippen LogP contribution is 2.31. The lowest BCUT2D eigenvalue weighted by Crippen LogP contribution is -2.39. The standard InChI is InChI=1S/C23H24ClFN4O3/c1-14-10-19(20(31-2)11-18(14)24)26-21(30)13-29-9-3-4-16(12-29)23-27-22(28-32-23)15-5-7-17(25)8-6-15/h5-8,10-11,16H,3-4,9,12-13H2,1-2H3,(H,26,30). The molecule has 2 aromatic carbocycles. The summed E-state index contributed by atoms with van der Waals surface area (Å²) in [7, 11) is 1.54. The van der Waals surface area contributed by atoms with Crippen molar-refractivity contribution in [1.29, 1.82) is 0 Å².